The molecule has 1 rings (SSSR count). The van der Waals surface area contributed by atoms with Crippen LogP contribution in [0.3, 0.4) is 0 Å². The molecule has 0 bridgehead atoms. The highest BCUT2D eigenvalue weighted by molar-refractivity contribution is 5.95. The van der Waals surface area contributed by atoms with Gasteiger partial charge >= 0.3 is 6.03 Å². The van der Waals surface area contributed by atoms with Gasteiger partial charge in [0.25, 0.3) is 0 Å². The van der Waals surface area contributed by atoms with Gasteiger partial charge in [0.1, 0.15) is 18.2 Å². The van der Waals surface area contributed by atoms with E-state index in [4.69, 9.17) is 4.74 Å². The van der Waals surface area contributed by atoms with Crippen LogP contribution in [0, 0.1) is 5.82 Å². The Labute approximate surface area is 129 Å². The molecule has 0 aliphatic heterocycles. The number of likely N-dealkylation sites (N-methyl/N-ethyl adjacent to an activating group) is 1. The van der Waals surface area contributed by atoms with Gasteiger partial charge in [-0.05, 0) is 37.7 Å². The maximum Gasteiger partial charge on any atom is 0.321 e. The zero-order valence-electron chi connectivity index (χ0n) is 12.9. The lowest BCUT2D eigenvalue weighted by Crippen LogP contribution is -2.44. The molecular weight excluding hydrogens is 289 g/mol. The SMILES string of the molecule is CCCNC(=O)NC(=O)CN(C)CCOc1ccc(F)cc1. The molecular formula is C15H22FN3O3. The Morgan fingerprint density at radius 3 is 2.59 bits per heavy atom. The van der Waals surface area contributed by atoms with Crippen molar-refractivity contribution < 1.29 is 18.7 Å². The largest absolute Gasteiger partial charge is 0.492 e. The van der Waals surface area contributed by atoms with Gasteiger partial charge in [-0.15, -0.1) is 0 Å². The molecule has 6 nitrogen and oxygen atoms in total. The molecule has 2 N–H and O–H groups in total. The molecule has 0 aromatic heterocycles. The van der Waals surface area contributed by atoms with Crippen LogP contribution >= 0.6 is 0 Å². The number of carbonyl (C=O) groups excluding carboxylic acids is 2. The van der Waals surface area contributed by atoms with Gasteiger partial charge in [-0.2, -0.15) is 0 Å². The number of halogens is 1. The van der Waals surface area contributed by atoms with E-state index in [0.717, 1.165) is 6.42 Å². The number of hydrogen-bond donors (Lipinski definition) is 2. The van der Waals surface area contributed by atoms with Gasteiger partial charge in [-0.1, -0.05) is 6.92 Å². The summed E-state index contributed by atoms with van der Waals surface area (Å²) >= 11 is 0. The maximum absolute atomic E-state index is 12.7. The van der Waals surface area contributed by atoms with Crippen LogP contribution in [0.15, 0.2) is 24.3 Å². The number of nitrogens with zero attached hydrogens (tertiary/aromatic N) is 1. The minimum absolute atomic E-state index is 0.0896. The van der Waals surface area contributed by atoms with Crippen molar-refractivity contribution in [3.63, 3.8) is 0 Å². The second kappa shape index (κ2) is 9.73. The molecule has 0 fully saturated rings. The number of carbonyl (C=O) groups is 2. The smallest absolute Gasteiger partial charge is 0.321 e. The van der Waals surface area contributed by atoms with Crippen molar-refractivity contribution in [2.45, 2.75) is 13.3 Å². The van der Waals surface area contributed by atoms with E-state index >= 15 is 0 Å². The second-order valence-corrected chi connectivity index (χ2v) is 4.84. The van der Waals surface area contributed by atoms with Gasteiger partial charge in [-0.3, -0.25) is 15.0 Å². The van der Waals surface area contributed by atoms with E-state index in [1.54, 1.807) is 24.1 Å². The lowest BCUT2D eigenvalue weighted by Gasteiger charge is -2.16. The normalized spacial score (nSPS) is 10.4. The first kappa shape index (κ1) is 17.9. The van der Waals surface area contributed by atoms with E-state index < -0.39 is 6.03 Å². The van der Waals surface area contributed by atoms with Crippen molar-refractivity contribution in [3.8, 4) is 5.75 Å². The van der Waals surface area contributed by atoms with Crippen molar-refractivity contribution in [1.29, 1.82) is 0 Å². The van der Waals surface area contributed by atoms with E-state index in [1.165, 1.54) is 12.1 Å². The highest BCUT2D eigenvalue weighted by atomic mass is 19.1. The first-order chi connectivity index (χ1) is 10.5. The lowest BCUT2D eigenvalue weighted by molar-refractivity contribution is -0.120. The van der Waals surface area contributed by atoms with Crippen molar-refractivity contribution >= 4 is 11.9 Å². The highest BCUT2D eigenvalue weighted by Gasteiger charge is 2.09. The molecule has 0 radical (unpaired) electrons. The van der Waals surface area contributed by atoms with Crippen LogP contribution in [0.5, 0.6) is 5.75 Å². The Balaban J connectivity index is 2.19. The van der Waals surface area contributed by atoms with Crippen molar-refractivity contribution in [2.24, 2.45) is 0 Å². The van der Waals surface area contributed by atoms with Gasteiger partial charge in [0.05, 0.1) is 6.54 Å². The Bertz CT molecular complexity index is 479. The number of benzene rings is 1. The molecule has 22 heavy (non-hydrogen) atoms. The minimum atomic E-state index is -0.484. The van der Waals surface area contributed by atoms with Gasteiger partial charge < -0.3 is 10.1 Å². The lowest BCUT2D eigenvalue weighted by atomic mass is 10.3. The molecule has 0 atom stereocenters. The van der Waals surface area contributed by atoms with E-state index in [1.807, 2.05) is 6.92 Å². The summed E-state index contributed by atoms with van der Waals surface area (Å²) in [4.78, 5) is 24.6. The Hall–Kier alpha value is -2.15. The summed E-state index contributed by atoms with van der Waals surface area (Å²) in [5, 5.41) is 4.81. The average molecular weight is 311 g/mol. The van der Waals surface area contributed by atoms with Crippen LogP contribution in [-0.4, -0.2) is 50.1 Å². The molecule has 1 aromatic rings. The molecule has 0 saturated heterocycles. The number of ether oxygens (including phenoxy) is 1. The van der Waals surface area contributed by atoms with Crippen LogP contribution in [0.2, 0.25) is 0 Å². The fourth-order valence-corrected chi connectivity index (χ4v) is 1.62. The standard InChI is InChI=1S/C15H22FN3O3/c1-3-8-17-15(21)18-14(20)11-19(2)9-10-22-13-6-4-12(16)5-7-13/h4-7H,3,8-11H2,1-2H3,(H2,17,18,20,21). The first-order valence-corrected chi connectivity index (χ1v) is 7.16. The summed E-state index contributed by atoms with van der Waals surface area (Å²) in [6.45, 7) is 3.41. The number of rotatable bonds is 8. The maximum atomic E-state index is 12.7. The summed E-state index contributed by atoms with van der Waals surface area (Å²) < 4.78 is 18.1. The third-order valence-corrected chi connectivity index (χ3v) is 2.76. The molecule has 0 aliphatic carbocycles. The highest BCUT2D eigenvalue weighted by Crippen LogP contribution is 2.10. The predicted molar refractivity (Wildman–Crippen MR) is 81.2 cm³/mol. The molecule has 1 aromatic carbocycles. The monoisotopic (exact) mass is 311 g/mol. The third kappa shape index (κ3) is 7.58. The second-order valence-electron chi connectivity index (χ2n) is 4.84. The molecule has 0 aliphatic rings. The van der Waals surface area contributed by atoms with Crippen molar-refractivity contribution in [3.05, 3.63) is 30.1 Å². The molecule has 0 unspecified atom stereocenters. The Kier molecular flexibility index (Phi) is 7.91. The molecule has 0 spiro atoms. The summed E-state index contributed by atoms with van der Waals surface area (Å²) in [5.74, 6) is -0.126. The van der Waals surface area contributed by atoms with Gasteiger partial charge in [-0.25, -0.2) is 9.18 Å². The zero-order chi connectivity index (χ0) is 16.4. The van der Waals surface area contributed by atoms with Crippen LogP contribution in [-0.2, 0) is 4.79 Å². The molecule has 3 amide bonds. The van der Waals surface area contributed by atoms with Crippen LogP contribution in [0.4, 0.5) is 9.18 Å². The first-order valence-electron chi connectivity index (χ1n) is 7.16. The zero-order valence-corrected chi connectivity index (χ0v) is 12.9. The number of hydrogen-bond acceptors (Lipinski definition) is 4. The van der Waals surface area contributed by atoms with E-state index in [0.29, 0.717) is 25.4 Å². The van der Waals surface area contributed by atoms with Crippen LogP contribution in [0.25, 0.3) is 0 Å². The number of nitrogens with one attached hydrogen (secondary N) is 2. The number of urea groups is 1. The van der Waals surface area contributed by atoms with Gasteiger partial charge in [0.2, 0.25) is 5.91 Å². The van der Waals surface area contributed by atoms with Crippen molar-refractivity contribution in [1.82, 2.24) is 15.5 Å². The number of imide groups is 1. The Morgan fingerprint density at radius 2 is 1.95 bits per heavy atom. The molecule has 0 saturated carbocycles. The van der Waals surface area contributed by atoms with E-state index in [-0.39, 0.29) is 18.3 Å². The number of amides is 3. The summed E-state index contributed by atoms with van der Waals surface area (Å²) in [5.41, 5.74) is 0. The Morgan fingerprint density at radius 1 is 1.27 bits per heavy atom. The van der Waals surface area contributed by atoms with E-state index in [2.05, 4.69) is 10.6 Å². The average Bonchev–Trinajstić information content (AvgIpc) is 2.47. The molecule has 0 heterocycles. The third-order valence-electron chi connectivity index (χ3n) is 2.76. The van der Waals surface area contributed by atoms with Gasteiger partial charge in [0, 0.05) is 13.1 Å². The van der Waals surface area contributed by atoms with Crippen LogP contribution < -0.4 is 15.4 Å². The fraction of sp³-hybridized carbons (Fsp3) is 0.467. The predicted octanol–water partition coefficient (Wildman–Crippen LogP) is 1.37. The molecule has 122 valence electrons. The fourth-order valence-electron chi connectivity index (χ4n) is 1.62. The minimum Gasteiger partial charge on any atom is -0.492 e. The van der Waals surface area contributed by atoms with Crippen molar-refractivity contribution in [2.75, 3.05) is 33.3 Å². The van der Waals surface area contributed by atoms with E-state index in [9.17, 15) is 14.0 Å². The summed E-state index contributed by atoms with van der Waals surface area (Å²) in [6.07, 6.45) is 0.808. The van der Waals surface area contributed by atoms with Crippen LogP contribution in [0.1, 0.15) is 13.3 Å². The van der Waals surface area contributed by atoms with Gasteiger partial charge in [0.15, 0.2) is 0 Å². The summed E-state index contributed by atoms with van der Waals surface area (Å²) in [7, 11) is 1.75. The molecule has 7 heteroatoms. The quantitative estimate of drug-likeness (QED) is 0.761. The summed E-state index contributed by atoms with van der Waals surface area (Å²) in [6, 6.07) is 5.24. The topological polar surface area (TPSA) is 70.7 Å².